The van der Waals surface area contributed by atoms with E-state index < -0.39 is 11.8 Å². The third-order valence-electron chi connectivity index (χ3n) is 5.59. The normalized spacial score (nSPS) is 22.0. The highest BCUT2D eigenvalue weighted by atomic mass is 16.3. The first-order chi connectivity index (χ1) is 12.6. The molecule has 0 spiro atoms. The maximum Gasteiger partial charge on any atom is 0.235 e. The molecule has 5 nitrogen and oxygen atoms in total. The molecule has 2 aliphatic rings. The third-order valence-corrected chi connectivity index (χ3v) is 5.59. The number of carbonyl (C=O) groups excluding carboxylic acids is 2. The lowest BCUT2D eigenvalue weighted by atomic mass is 9.83. The zero-order chi connectivity index (χ0) is 17.8. The molecule has 5 rings (SSSR count). The molecule has 1 fully saturated rings. The largest absolute Gasteiger partial charge is 0.508 e. The van der Waals surface area contributed by atoms with Crippen molar-refractivity contribution in [3.8, 4) is 5.75 Å². The van der Waals surface area contributed by atoms with Crippen LogP contribution >= 0.6 is 0 Å². The zero-order valence-electron chi connectivity index (χ0n) is 14.1. The quantitative estimate of drug-likeness (QED) is 0.701. The fourth-order valence-electron chi connectivity index (χ4n) is 4.46. The van der Waals surface area contributed by atoms with E-state index in [0.717, 1.165) is 35.9 Å². The molecule has 2 aliphatic heterocycles. The molecular weight excluding hydrogens is 328 g/mol. The van der Waals surface area contributed by atoms with Gasteiger partial charge < -0.3 is 9.67 Å². The molecule has 2 N–H and O–H groups in total. The van der Waals surface area contributed by atoms with Crippen LogP contribution in [0.5, 0.6) is 5.75 Å². The number of hydrogen-bond acceptors (Lipinski definition) is 3. The number of amides is 2. The van der Waals surface area contributed by atoms with Crippen molar-refractivity contribution >= 4 is 22.7 Å². The fourth-order valence-corrected chi connectivity index (χ4v) is 4.46. The van der Waals surface area contributed by atoms with Crippen molar-refractivity contribution in [3.63, 3.8) is 0 Å². The van der Waals surface area contributed by atoms with Gasteiger partial charge in [-0.3, -0.25) is 14.9 Å². The Labute approximate surface area is 150 Å². The van der Waals surface area contributed by atoms with Crippen molar-refractivity contribution in [1.82, 2.24) is 9.88 Å². The molecule has 0 aliphatic carbocycles. The Hall–Kier alpha value is -3.08. The maximum absolute atomic E-state index is 12.7. The van der Waals surface area contributed by atoms with Crippen molar-refractivity contribution < 1.29 is 14.7 Å². The van der Waals surface area contributed by atoms with Gasteiger partial charge in [0.2, 0.25) is 11.8 Å². The summed E-state index contributed by atoms with van der Waals surface area (Å²) in [6.45, 7) is 0.930. The predicted octanol–water partition coefficient (Wildman–Crippen LogP) is 2.82. The summed E-state index contributed by atoms with van der Waals surface area (Å²) >= 11 is 0. The summed E-state index contributed by atoms with van der Waals surface area (Å²) in [5.74, 6) is -1.52. The molecular formula is C21H18N2O3. The lowest BCUT2D eigenvalue weighted by molar-refractivity contribution is -0.125. The molecule has 1 aromatic heterocycles. The van der Waals surface area contributed by atoms with Crippen molar-refractivity contribution in [2.45, 2.75) is 31.2 Å². The van der Waals surface area contributed by atoms with Crippen LogP contribution in [0.4, 0.5) is 0 Å². The van der Waals surface area contributed by atoms with Gasteiger partial charge in [-0.25, -0.2) is 0 Å². The molecule has 3 heterocycles. The van der Waals surface area contributed by atoms with Gasteiger partial charge >= 0.3 is 0 Å². The molecule has 0 saturated carbocycles. The first-order valence-corrected chi connectivity index (χ1v) is 8.88. The Morgan fingerprint density at radius 2 is 1.77 bits per heavy atom. The molecule has 0 unspecified atom stereocenters. The van der Waals surface area contributed by atoms with Gasteiger partial charge in [0.15, 0.2) is 0 Å². The number of nitrogens with zero attached hydrogens (tertiary/aromatic N) is 1. The fraction of sp³-hybridized carbons (Fsp3) is 0.238. The van der Waals surface area contributed by atoms with Crippen LogP contribution in [0.2, 0.25) is 0 Å². The highest BCUT2D eigenvalue weighted by Gasteiger charge is 2.44. The standard InChI is InChI=1S/C21H18N2O3/c24-14-8-6-12(7-9-14)17-18(21(26)22-20(17)25)16-11-23-10-2-4-13-3-1-5-15(16)19(13)23/h1,3,5-9,11,17-18,24H,2,4,10H2,(H,22,25,26)/t17-,18-/m0/s1. The number of nitrogens with one attached hydrogen (secondary N) is 1. The van der Waals surface area contributed by atoms with Crippen LogP contribution in [0.15, 0.2) is 48.7 Å². The molecule has 0 radical (unpaired) electrons. The summed E-state index contributed by atoms with van der Waals surface area (Å²) in [4.78, 5) is 25.2. The number of benzene rings is 2. The average molecular weight is 346 g/mol. The highest BCUT2D eigenvalue weighted by molar-refractivity contribution is 6.12. The third kappa shape index (κ3) is 2.10. The minimum Gasteiger partial charge on any atom is -0.508 e. The number of imide groups is 1. The lowest BCUT2D eigenvalue weighted by Gasteiger charge is -2.16. The van der Waals surface area contributed by atoms with Gasteiger partial charge in [0.05, 0.1) is 17.4 Å². The van der Waals surface area contributed by atoms with E-state index in [1.54, 1.807) is 24.3 Å². The minimum absolute atomic E-state index is 0.141. The van der Waals surface area contributed by atoms with E-state index in [2.05, 4.69) is 16.0 Å². The first-order valence-electron chi connectivity index (χ1n) is 8.88. The summed E-state index contributed by atoms with van der Waals surface area (Å²) in [5, 5.41) is 13.1. The molecule has 2 atom stereocenters. The van der Waals surface area contributed by atoms with E-state index in [0.29, 0.717) is 0 Å². The van der Waals surface area contributed by atoms with E-state index in [1.807, 2.05) is 18.3 Å². The van der Waals surface area contributed by atoms with Crippen LogP contribution in [0, 0.1) is 0 Å². The van der Waals surface area contributed by atoms with Crippen LogP contribution in [-0.4, -0.2) is 21.5 Å². The van der Waals surface area contributed by atoms with E-state index in [4.69, 9.17) is 0 Å². The molecule has 5 heteroatoms. The average Bonchev–Trinajstić information content (AvgIpc) is 3.14. The van der Waals surface area contributed by atoms with E-state index >= 15 is 0 Å². The number of rotatable bonds is 2. The molecule has 2 aromatic carbocycles. The molecule has 1 saturated heterocycles. The van der Waals surface area contributed by atoms with E-state index in [-0.39, 0.29) is 17.6 Å². The summed E-state index contributed by atoms with van der Waals surface area (Å²) in [6.07, 6.45) is 4.17. The van der Waals surface area contributed by atoms with Crippen LogP contribution < -0.4 is 5.32 Å². The second-order valence-electron chi connectivity index (χ2n) is 7.10. The summed E-state index contributed by atoms with van der Waals surface area (Å²) in [6, 6.07) is 12.7. The molecule has 0 bridgehead atoms. The van der Waals surface area contributed by atoms with Crippen molar-refractivity contribution in [3.05, 3.63) is 65.4 Å². The SMILES string of the molecule is O=C1NC(=O)[C@@H](c2cn3c4c(cccc24)CCC3)[C@@H]1c1ccc(O)cc1. The molecule has 3 aromatic rings. The summed E-state index contributed by atoms with van der Waals surface area (Å²) < 4.78 is 2.22. The Morgan fingerprint density at radius 1 is 1.00 bits per heavy atom. The number of carbonyl (C=O) groups is 2. The summed E-state index contributed by atoms with van der Waals surface area (Å²) in [5.41, 5.74) is 4.13. The monoisotopic (exact) mass is 346 g/mol. The number of phenolic OH excluding ortho intramolecular Hbond substituents is 1. The van der Waals surface area contributed by atoms with Gasteiger partial charge in [-0.05, 0) is 41.7 Å². The second kappa shape index (κ2) is 5.46. The van der Waals surface area contributed by atoms with Crippen molar-refractivity contribution in [2.24, 2.45) is 0 Å². The Morgan fingerprint density at radius 3 is 2.58 bits per heavy atom. The van der Waals surface area contributed by atoms with Gasteiger partial charge in [-0.1, -0.05) is 30.3 Å². The predicted molar refractivity (Wildman–Crippen MR) is 97.0 cm³/mol. The lowest BCUT2D eigenvalue weighted by Crippen LogP contribution is -2.21. The number of para-hydroxylation sites is 1. The minimum atomic E-state index is -0.577. The Bertz CT molecular complexity index is 1050. The van der Waals surface area contributed by atoms with Gasteiger partial charge in [0.25, 0.3) is 0 Å². The van der Waals surface area contributed by atoms with Crippen molar-refractivity contribution in [2.75, 3.05) is 0 Å². The second-order valence-corrected chi connectivity index (χ2v) is 7.10. The number of phenols is 1. The van der Waals surface area contributed by atoms with Crippen LogP contribution in [-0.2, 0) is 22.6 Å². The van der Waals surface area contributed by atoms with Gasteiger partial charge in [-0.2, -0.15) is 0 Å². The Kier molecular flexibility index (Phi) is 3.19. The smallest absolute Gasteiger partial charge is 0.235 e. The van der Waals surface area contributed by atoms with Crippen LogP contribution in [0.1, 0.15) is 34.9 Å². The Balaban J connectivity index is 1.70. The molecule has 2 amide bonds. The number of aromatic nitrogens is 1. The molecule has 130 valence electrons. The number of aromatic hydroxyl groups is 1. The van der Waals surface area contributed by atoms with Crippen LogP contribution in [0.25, 0.3) is 10.9 Å². The topological polar surface area (TPSA) is 71.3 Å². The molecule has 26 heavy (non-hydrogen) atoms. The van der Waals surface area contributed by atoms with Crippen molar-refractivity contribution in [1.29, 1.82) is 0 Å². The van der Waals surface area contributed by atoms with Gasteiger partial charge in [0.1, 0.15) is 5.75 Å². The highest BCUT2D eigenvalue weighted by Crippen LogP contribution is 2.42. The van der Waals surface area contributed by atoms with Crippen LogP contribution in [0.3, 0.4) is 0 Å². The maximum atomic E-state index is 12.7. The first kappa shape index (κ1) is 15.2. The van der Waals surface area contributed by atoms with Gasteiger partial charge in [0, 0.05) is 18.1 Å². The number of aryl methyl sites for hydroxylation is 2. The van der Waals surface area contributed by atoms with E-state index in [1.165, 1.54) is 11.1 Å². The number of hydrogen-bond donors (Lipinski definition) is 2. The van der Waals surface area contributed by atoms with E-state index in [9.17, 15) is 14.7 Å². The zero-order valence-corrected chi connectivity index (χ0v) is 14.1. The summed E-state index contributed by atoms with van der Waals surface area (Å²) in [7, 11) is 0. The van der Waals surface area contributed by atoms with Gasteiger partial charge in [-0.15, -0.1) is 0 Å².